The van der Waals surface area contributed by atoms with Crippen molar-refractivity contribution in [3.63, 3.8) is 0 Å². The fraction of sp³-hybridized carbons (Fsp3) is 0.400. The van der Waals surface area contributed by atoms with Crippen molar-refractivity contribution in [3.05, 3.63) is 75.8 Å². The van der Waals surface area contributed by atoms with Crippen LogP contribution in [0.4, 0.5) is 0 Å². The molecule has 44 heavy (non-hydrogen) atoms. The molecular formula is C35H36ClNO7. The molecule has 2 bridgehead atoms. The van der Waals surface area contributed by atoms with Crippen LogP contribution in [-0.2, 0) is 32.0 Å². The summed E-state index contributed by atoms with van der Waals surface area (Å²) in [6.07, 6.45) is 9.71. The van der Waals surface area contributed by atoms with Crippen LogP contribution in [-0.4, -0.2) is 56.9 Å². The van der Waals surface area contributed by atoms with E-state index < -0.39 is 23.6 Å². The standard InChI is InChI=1S/C35H36ClNO7/c1-6-29-35-26(13-17-30(35)43-34(2,3)44-35)12-7-24(22-41-21-23-8-14-27(39-4)15-9-23)19-20-37-31(38)18-11-25-10-16-28(40-5)33(42-29)32(25)36/h1,8-10,13-16,19,29-30H,11,17-18,20-22H2,2-5H3,(H,37,38)/b24-19-/t29-,30-,35-/m1/s1. The van der Waals surface area contributed by atoms with Crippen molar-refractivity contribution in [1.82, 2.24) is 5.32 Å². The van der Waals surface area contributed by atoms with E-state index in [1.54, 1.807) is 13.2 Å². The van der Waals surface area contributed by atoms with Crippen molar-refractivity contribution in [3.8, 4) is 41.4 Å². The van der Waals surface area contributed by atoms with Crippen LogP contribution in [0.1, 0.15) is 37.8 Å². The summed E-state index contributed by atoms with van der Waals surface area (Å²) in [5.74, 6) is 9.71. The van der Waals surface area contributed by atoms with Crippen molar-refractivity contribution in [2.75, 3.05) is 27.4 Å². The Morgan fingerprint density at radius 2 is 1.86 bits per heavy atom. The number of hydrogen-bond acceptors (Lipinski definition) is 7. The van der Waals surface area contributed by atoms with Crippen molar-refractivity contribution in [2.45, 2.75) is 63.3 Å². The number of benzene rings is 2. The van der Waals surface area contributed by atoms with Gasteiger partial charge in [0, 0.05) is 24.1 Å². The number of ether oxygens (including phenoxy) is 6. The molecule has 1 spiro atoms. The molecule has 2 heterocycles. The molecular weight excluding hydrogens is 582 g/mol. The maximum Gasteiger partial charge on any atom is 0.220 e. The Bertz CT molecular complexity index is 1560. The monoisotopic (exact) mass is 617 g/mol. The Morgan fingerprint density at radius 1 is 1.07 bits per heavy atom. The Morgan fingerprint density at radius 3 is 2.59 bits per heavy atom. The highest BCUT2D eigenvalue weighted by Gasteiger charge is 2.62. The second-order valence-corrected chi connectivity index (χ2v) is 11.5. The maximum absolute atomic E-state index is 12.7. The van der Waals surface area contributed by atoms with E-state index in [0.717, 1.165) is 16.9 Å². The van der Waals surface area contributed by atoms with Gasteiger partial charge in [0.05, 0.1) is 32.5 Å². The van der Waals surface area contributed by atoms with Crippen LogP contribution in [0.3, 0.4) is 0 Å². The fourth-order valence-electron chi connectivity index (χ4n) is 5.60. The molecule has 2 aromatic rings. The van der Waals surface area contributed by atoms with Crippen LogP contribution in [0.25, 0.3) is 0 Å². The average molecular weight is 618 g/mol. The molecule has 2 aliphatic heterocycles. The van der Waals surface area contributed by atoms with Crippen LogP contribution in [0.15, 0.2) is 59.7 Å². The first kappa shape index (κ1) is 31.5. The first-order valence-corrected chi connectivity index (χ1v) is 14.8. The largest absolute Gasteiger partial charge is 0.497 e. The van der Waals surface area contributed by atoms with E-state index in [-0.39, 0.29) is 31.2 Å². The molecule has 1 fully saturated rings. The Kier molecular flexibility index (Phi) is 9.58. The molecule has 3 atom stereocenters. The lowest BCUT2D eigenvalue weighted by Crippen LogP contribution is -2.52. The normalized spacial score (nSPS) is 25.4. The van der Waals surface area contributed by atoms with Crippen LogP contribution < -0.4 is 19.5 Å². The van der Waals surface area contributed by atoms with Gasteiger partial charge in [0.1, 0.15) is 11.9 Å². The predicted molar refractivity (Wildman–Crippen MR) is 167 cm³/mol. The summed E-state index contributed by atoms with van der Waals surface area (Å²) in [4.78, 5) is 12.7. The number of carbonyl (C=O) groups is 1. The molecule has 9 heteroatoms. The van der Waals surface area contributed by atoms with Crippen molar-refractivity contribution >= 4 is 17.5 Å². The van der Waals surface area contributed by atoms with Gasteiger partial charge in [0.2, 0.25) is 5.91 Å². The van der Waals surface area contributed by atoms with Gasteiger partial charge in [-0.1, -0.05) is 59.7 Å². The highest BCUT2D eigenvalue weighted by atomic mass is 35.5. The minimum atomic E-state index is -1.20. The molecule has 1 saturated heterocycles. The molecule has 1 aliphatic carbocycles. The van der Waals surface area contributed by atoms with E-state index in [0.29, 0.717) is 41.4 Å². The van der Waals surface area contributed by atoms with E-state index >= 15 is 0 Å². The van der Waals surface area contributed by atoms with Crippen molar-refractivity contribution in [1.29, 1.82) is 0 Å². The van der Waals surface area contributed by atoms with Gasteiger partial charge in [-0.3, -0.25) is 4.79 Å². The molecule has 1 N–H and O–H groups in total. The molecule has 0 unspecified atom stereocenters. The molecule has 8 nitrogen and oxygen atoms in total. The number of halogens is 1. The second-order valence-electron chi connectivity index (χ2n) is 11.1. The number of rotatable bonds is 6. The van der Waals surface area contributed by atoms with Crippen LogP contribution in [0.5, 0.6) is 17.2 Å². The van der Waals surface area contributed by atoms with Gasteiger partial charge >= 0.3 is 0 Å². The lowest BCUT2D eigenvalue weighted by atomic mass is 9.87. The number of methoxy groups -OCH3 is 2. The minimum Gasteiger partial charge on any atom is -0.497 e. The minimum absolute atomic E-state index is 0.130. The number of aryl methyl sites for hydroxylation is 1. The smallest absolute Gasteiger partial charge is 0.220 e. The molecule has 5 rings (SSSR count). The third kappa shape index (κ3) is 6.60. The molecule has 0 saturated carbocycles. The third-order valence-corrected chi connectivity index (χ3v) is 8.14. The topological polar surface area (TPSA) is 84.5 Å². The van der Waals surface area contributed by atoms with E-state index in [1.165, 1.54) is 7.11 Å². The first-order valence-electron chi connectivity index (χ1n) is 14.4. The quantitative estimate of drug-likeness (QED) is 0.448. The Balaban J connectivity index is 1.50. The maximum atomic E-state index is 12.7. The van der Waals surface area contributed by atoms with E-state index in [2.05, 4.69) is 23.1 Å². The average Bonchev–Trinajstić information content (AvgIpc) is 3.48. The molecule has 0 radical (unpaired) electrons. The summed E-state index contributed by atoms with van der Waals surface area (Å²) >= 11 is 6.84. The van der Waals surface area contributed by atoms with Gasteiger partial charge in [-0.15, -0.1) is 6.42 Å². The van der Waals surface area contributed by atoms with E-state index in [9.17, 15) is 4.79 Å². The van der Waals surface area contributed by atoms with Gasteiger partial charge in [-0.25, -0.2) is 0 Å². The fourth-order valence-corrected chi connectivity index (χ4v) is 5.89. The second kappa shape index (κ2) is 13.4. The van der Waals surface area contributed by atoms with Gasteiger partial charge in [-0.2, -0.15) is 0 Å². The number of amides is 1. The third-order valence-electron chi connectivity index (χ3n) is 7.73. The number of hydrogen-bond donors (Lipinski definition) is 1. The zero-order valence-electron chi connectivity index (χ0n) is 25.3. The van der Waals surface area contributed by atoms with Crippen LogP contribution in [0, 0.1) is 24.2 Å². The van der Waals surface area contributed by atoms with E-state index in [1.807, 2.05) is 56.3 Å². The number of nitrogens with one attached hydrogen (secondary N) is 1. The molecule has 1 amide bonds. The first-order chi connectivity index (χ1) is 21.2. The van der Waals surface area contributed by atoms with Gasteiger partial charge in [0.15, 0.2) is 29.0 Å². The summed E-state index contributed by atoms with van der Waals surface area (Å²) in [6, 6.07) is 11.2. The van der Waals surface area contributed by atoms with Gasteiger partial charge in [0.25, 0.3) is 0 Å². The Labute approximate surface area is 263 Å². The lowest BCUT2D eigenvalue weighted by molar-refractivity contribution is -0.166. The van der Waals surface area contributed by atoms with Crippen LogP contribution >= 0.6 is 11.6 Å². The van der Waals surface area contributed by atoms with Crippen molar-refractivity contribution < 1.29 is 33.2 Å². The molecule has 2 aromatic carbocycles. The summed E-state index contributed by atoms with van der Waals surface area (Å²) in [5.41, 5.74) is 1.85. The SMILES string of the molecule is C#C[C@H]1Oc2c(OC)ccc(c2Cl)CCC(=O)NC/C=C(\COCc2ccc(OC)cc2)C#CC2=CC[C@H]3OC(C)(C)O[C@]213. The highest BCUT2D eigenvalue weighted by molar-refractivity contribution is 6.33. The summed E-state index contributed by atoms with van der Waals surface area (Å²) in [6.45, 7) is 4.57. The summed E-state index contributed by atoms with van der Waals surface area (Å²) in [7, 11) is 3.15. The van der Waals surface area contributed by atoms with Crippen LogP contribution in [0.2, 0.25) is 5.02 Å². The van der Waals surface area contributed by atoms with Gasteiger partial charge < -0.3 is 33.7 Å². The lowest BCUT2D eigenvalue weighted by Gasteiger charge is -2.35. The Hall–Kier alpha value is -3.92. The molecule has 3 aliphatic rings. The zero-order chi connectivity index (χ0) is 31.3. The summed E-state index contributed by atoms with van der Waals surface area (Å²) < 4.78 is 36.2. The zero-order valence-corrected chi connectivity index (χ0v) is 26.1. The van der Waals surface area contributed by atoms with E-state index in [4.69, 9.17) is 46.4 Å². The van der Waals surface area contributed by atoms with Crippen molar-refractivity contribution in [2.24, 2.45) is 0 Å². The van der Waals surface area contributed by atoms with Gasteiger partial charge in [-0.05, 0) is 56.0 Å². The highest BCUT2D eigenvalue weighted by Crippen LogP contribution is 2.51. The molecule has 0 aromatic heterocycles. The number of terminal acetylenes is 1. The number of carbonyl (C=O) groups excluding carboxylic acids is 1. The number of fused-ring (bicyclic) bond motifs is 2. The summed E-state index contributed by atoms with van der Waals surface area (Å²) in [5, 5.41) is 3.26. The molecule has 230 valence electrons. The predicted octanol–water partition coefficient (Wildman–Crippen LogP) is 5.17.